The fraction of sp³-hybridized carbons (Fsp3) is 0.267. The van der Waals surface area contributed by atoms with Crippen LogP contribution in [-0.4, -0.2) is 74.7 Å². The van der Waals surface area contributed by atoms with E-state index in [1.165, 1.54) is 26.9 Å². The van der Waals surface area contributed by atoms with Gasteiger partial charge in [0, 0.05) is 18.2 Å². The minimum absolute atomic E-state index is 0.266. The van der Waals surface area contributed by atoms with Crippen LogP contribution >= 0.6 is 0 Å². The van der Waals surface area contributed by atoms with E-state index in [9.17, 15) is 15.0 Å². The topological polar surface area (TPSA) is 153 Å². The van der Waals surface area contributed by atoms with Gasteiger partial charge in [0.2, 0.25) is 0 Å². The maximum absolute atomic E-state index is 13.3. The van der Waals surface area contributed by atoms with Gasteiger partial charge in [-0.1, -0.05) is 36.4 Å². The minimum atomic E-state index is -1.21. The summed E-state index contributed by atoms with van der Waals surface area (Å²) in [7, 11) is 2.98. The number of fused-ring (bicyclic) bond motifs is 2. The number of benzene rings is 3. The molecular formula is C30H30N6O6. The van der Waals surface area contributed by atoms with Crippen LogP contribution in [0, 0.1) is 0 Å². The molecule has 4 atom stereocenters. The number of carbonyl (C=O) groups is 1. The molecule has 1 fully saturated rings. The predicted molar refractivity (Wildman–Crippen MR) is 154 cm³/mol. The second-order valence-electron chi connectivity index (χ2n) is 9.92. The van der Waals surface area contributed by atoms with E-state index in [1.54, 1.807) is 22.8 Å². The van der Waals surface area contributed by atoms with Crippen molar-refractivity contribution in [1.29, 1.82) is 0 Å². The van der Waals surface area contributed by atoms with Crippen LogP contribution in [0.2, 0.25) is 0 Å². The quantitative estimate of drug-likeness (QED) is 0.208. The molecule has 216 valence electrons. The van der Waals surface area contributed by atoms with Crippen LogP contribution < -0.4 is 20.1 Å². The summed E-state index contributed by atoms with van der Waals surface area (Å²) in [5.41, 5.74) is 2.27. The molecule has 6 rings (SSSR count). The fourth-order valence-corrected chi connectivity index (χ4v) is 5.17. The Balaban J connectivity index is 1.26. The Morgan fingerprint density at radius 1 is 1.00 bits per heavy atom. The number of rotatable bonds is 9. The van der Waals surface area contributed by atoms with Crippen LogP contribution in [0.3, 0.4) is 0 Å². The maximum Gasteiger partial charge on any atom is 0.252 e. The Morgan fingerprint density at radius 3 is 2.50 bits per heavy atom. The van der Waals surface area contributed by atoms with E-state index in [-0.39, 0.29) is 5.56 Å². The number of anilines is 1. The van der Waals surface area contributed by atoms with Crippen LogP contribution in [0.1, 0.15) is 22.1 Å². The second kappa shape index (κ2) is 11.6. The number of carbonyl (C=O) groups excluding carboxylic acids is 1. The first-order chi connectivity index (χ1) is 20.5. The second-order valence-corrected chi connectivity index (χ2v) is 9.92. The van der Waals surface area contributed by atoms with Crippen molar-refractivity contribution in [2.45, 2.75) is 31.0 Å². The number of aliphatic hydroxyl groups excluding tert-OH is 2. The number of aliphatic hydroxyl groups is 2. The van der Waals surface area contributed by atoms with Crippen molar-refractivity contribution in [2.75, 3.05) is 26.1 Å². The van der Waals surface area contributed by atoms with Gasteiger partial charge in [-0.05, 0) is 34.5 Å². The van der Waals surface area contributed by atoms with Crippen LogP contribution in [0.4, 0.5) is 5.82 Å². The van der Waals surface area contributed by atoms with Crippen molar-refractivity contribution in [3.63, 3.8) is 0 Å². The van der Waals surface area contributed by atoms with Gasteiger partial charge in [-0.25, -0.2) is 15.0 Å². The Morgan fingerprint density at radius 2 is 1.76 bits per heavy atom. The first kappa shape index (κ1) is 27.4. The van der Waals surface area contributed by atoms with Crippen molar-refractivity contribution in [3.05, 3.63) is 84.4 Å². The molecule has 12 heteroatoms. The average molecular weight is 571 g/mol. The SMILES string of the molecule is COc1cc(OC)cc(C(=O)N[C@@H]2[C@H](O)[C@@H](CO)O[C@H]2n2cnc3c(NCc4ccc5ccccc5c4)ncnc32)c1. The zero-order valence-electron chi connectivity index (χ0n) is 23.0. The number of nitrogens with one attached hydrogen (secondary N) is 2. The van der Waals surface area contributed by atoms with Gasteiger partial charge in [0.05, 0.1) is 27.2 Å². The molecule has 0 saturated carbocycles. The number of nitrogens with zero attached hydrogens (tertiary/aromatic N) is 4. The molecule has 0 aliphatic carbocycles. The average Bonchev–Trinajstić information content (AvgIpc) is 3.60. The summed E-state index contributed by atoms with van der Waals surface area (Å²) < 4.78 is 18.2. The number of ether oxygens (including phenoxy) is 3. The van der Waals surface area contributed by atoms with Gasteiger partial charge in [0.25, 0.3) is 5.91 Å². The number of hydrogen-bond donors (Lipinski definition) is 4. The highest BCUT2D eigenvalue weighted by Crippen LogP contribution is 2.33. The first-order valence-electron chi connectivity index (χ1n) is 13.4. The zero-order chi connectivity index (χ0) is 29.2. The molecular weight excluding hydrogens is 540 g/mol. The largest absolute Gasteiger partial charge is 0.497 e. The van der Waals surface area contributed by atoms with Crippen molar-refractivity contribution in [1.82, 2.24) is 24.8 Å². The van der Waals surface area contributed by atoms with Crippen molar-refractivity contribution in [2.24, 2.45) is 0 Å². The lowest BCUT2D eigenvalue weighted by atomic mass is 10.1. The van der Waals surface area contributed by atoms with E-state index in [2.05, 4.69) is 55.9 Å². The summed E-state index contributed by atoms with van der Waals surface area (Å²) in [5, 5.41) is 29.4. The van der Waals surface area contributed by atoms with Crippen molar-refractivity contribution >= 4 is 33.7 Å². The predicted octanol–water partition coefficient (Wildman–Crippen LogP) is 2.66. The molecule has 1 saturated heterocycles. The minimum Gasteiger partial charge on any atom is -0.497 e. The number of imidazole rings is 1. The van der Waals surface area contributed by atoms with E-state index < -0.39 is 37.0 Å². The number of amides is 1. The smallest absolute Gasteiger partial charge is 0.252 e. The molecule has 0 bridgehead atoms. The summed E-state index contributed by atoms with van der Waals surface area (Å²) in [6, 6.07) is 18.2. The van der Waals surface area contributed by atoms with Gasteiger partial charge >= 0.3 is 0 Å². The Hall–Kier alpha value is -4.78. The molecule has 3 heterocycles. The monoisotopic (exact) mass is 570 g/mol. The van der Waals surface area contributed by atoms with Crippen molar-refractivity contribution < 1.29 is 29.2 Å². The summed E-state index contributed by atoms with van der Waals surface area (Å²) in [6.07, 6.45) is -0.132. The first-order valence-corrected chi connectivity index (χ1v) is 13.4. The lowest BCUT2D eigenvalue weighted by Gasteiger charge is -2.23. The van der Waals surface area contributed by atoms with Crippen LogP contribution in [0.15, 0.2) is 73.3 Å². The van der Waals surface area contributed by atoms with Gasteiger partial charge < -0.3 is 35.1 Å². The fourth-order valence-electron chi connectivity index (χ4n) is 5.17. The molecule has 5 aromatic rings. The molecule has 0 spiro atoms. The third-order valence-corrected chi connectivity index (χ3v) is 7.37. The number of aromatic nitrogens is 4. The van der Waals surface area contributed by atoms with Gasteiger partial charge in [0.15, 0.2) is 23.2 Å². The highest BCUT2D eigenvalue weighted by atomic mass is 16.5. The van der Waals surface area contributed by atoms with Crippen LogP contribution in [0.5, 0.6) is 11.5 Å². The maximum atomic E-state index is 13.3. The highest BCUT2D eigenvalue weighted by molar-refractivity contribution is 5.95. The van der Waals surface area contributed by atoms with Crippen molar-refractivity contribution in [3.8, 4) is 11.5 Å². The molecule has 0 radical (unpaired) electrons. The molecule has 0 unspecified atom stereocenters. The molecule has 1 aliphatic heterocycles. The number of methoxy groups -OCH3 is 2. The van der Waals surface area contributed by atoms with E-state index in [4.69, 9.17) is 14.2 Å². The molecule has 1 amide bonds. The Labute approximate surface area is 240 Å². The lowest BCUT2D eigenvalue weighted by Crippen LogP contribution is -2.46. The number of hydrogen-bond acceptors (Lipinski definition) is 10. The Bertz CT molecular complexity index is 1720. The lowest BCUT2D eigenvalue weighted by molar-refractivity contribution is -0.0440. The van der Waals surface area contributed by atoms with Crippen LogP contribution in [-0.2, 0) is 11.3 Å². The van der Waals surface area contributed by atoms with Gasteiger partial charge in [0.1, 0.15) is 36.1 Å². The molecule has 4 N–H and O–H groups in total. The summed E-state index contributed by atoms with van der Waals surface area (Å²) in [5.74, 6) is 0.913. The summed E-state index contributed by atoms with van der Waals surface area (Å²) in [4.78, 5) is 26.6. The molecule has 2 aromatic heterocycles. The zero-order valence-corrected chi connectivity index (χ0v) is 23.0. The molecule has 3 aromatic carbocycles. The molecule has 1 aliphatic rings. The normalized spacial score (nSPS) is 20.1. The third-order valence-electron chi connectivity index (χ3n) is 7.37. The van der Waals surface area contributed by atoms with Gasteiger partial charge in [-0.2, -0.15) is 0 Å². The van der Waals surface area contributed by atoms with Gasteiger partial charge in [-0.3, -0.25) is 9.36 Å². The van der Waals surface area contributed by atoms with E-state index >= 15 is 0 Å². The van der Waals surface area contributed by atoms with E-state index in [1.807, 2.05) is 12.1 Å². The summed E-state index contributed by atoms with van der Waals surface area (Å²) in [6.45, 7) is 0.0644. The molecule has 42 heavy (non-hydrogen) atoms. The van der Waals surface area contributed by atoms with Gasteiger partial charge in [-0.15, -0.1) is 0 Å². The highest BCUT2D eigenvalue weighted by Gasteiger charge is 2.46. The van der Waals surface area contributed by atoms with E-state index in [0.29, 0.717) is 35.0 Å². The summed E-state index contributed by atoms with van der Waals surface area (Å²) >= 11 is 0. The standard InChI is InChI=1S/C30H30N6O6/c1-40-21-10-20(11-22(12-21)41-2)29(39)35-24-26(38)23(14-37)42-30(24)36-16-34-25-27(32-15-33-28(25)36)31-13-17-7-8-18-5-3-4-6-19(18)9-17/h3-12,15-16,23-24,26,30,37-38H,13-14H2,1-2H3,(H,35,39)(H,31,32,33)/t23-,24-,26-,30-/m1/s1. The van der Waals surface area contributed by atoms with Crippen LogP contribution in [0.25, 0.3) is 21.9 Å². The molecule has 12 nitrogen and oxygen atoms in total. The third kappa shape index (κ3) is 5.18. The van der Waals surface area contributed by atoms with E-state index in [0.717, 1.165) is 16.3 Å². The Kier molecular flexibility index (Phi) is 7.57.